The molecule has 34 heavy (non-hydrogen) atoms. The maximum absolute atomic E-state index is 13.3. The van der Waals surface area contributed by atoms with Crippen molar-refractivity contribution >= 4 is 45.0 Å². The Labute approximate surface area is 205 Å². The molecule has 0 saturated carbocycles. The molecule has 4 aromatic heterocycles. The second kappa shape index (κ2) is 9.12. The predicted octanol–water partition coefficient (Wildman–Crippen LogP) is 5.02. The van der Waals surface area contributed by atoms with Gasteiger partial charge in [-0.15, -0.1) is 22.7 Å². The van der Waals surface area contributed by atoms with Crippen molar-refractivity contribution in [3.8, 4) is 6.07 Å². The number of aryl methyl sites for hydroxylation is 3. The summed E-state index contributed by atoms with van der Waals surface area (Å²) in [4.78, 5) is 32.7. The molecule has 0 atom stereocenters. The number of nitriles is 1. The van der Waals surface area contributed by atoms with E-state index in [-0.39, 0.29) is 18.1 Å². The molecular formula is C25H23N5O2S2. The quantitative estimate of drug-likeness (QED) is 0.383. The van der Waals surface area contributed by atoms with Crippen LogP contribution in [0.5, 0.6) is 0 Å². The van der Waals surface area contributed by atoms with Crippen LogP contribution in [0, 0.1) is 25.2 Å². The zero-order valence-corrected chi connectivity index (χ0v) is 20.6. The van der Waals surface area contributed by atoms with E-state index in [1.165, 1.54) is 22.4 Å². The Morgan fingerprint density at radius 2 is 2.09 bits per heavy atom. The van der Waals surface area contributed by atoms with E-state index in [0.717, 1.165) is 48.2 Å². The topological polar surface area (TPSA) is 100 Å². The van der Waals surface area contributed by atoms with E-state index in [4.69, 9.17) is 0 Å². The second-order valence-corrected chi connectivity index (χ2v) is 10.5. The van der Waals surface area contributed by atoms with E-state index in [9.17, 15) is 14.9 Å². The highest BCUT2D eigenvalue weighted by Gasteiger charge is 2.27. The number of rotatable bonds is 6. The third kappa shape index (κ3) is 3.93. The minimum atomic E-state index is -0.129. The third-order valence-electron chi connectivity index (χ3n) is 6.33. The summed E-state index contributed by atoms with van der Waals surface area (Å²) in [6, 6.07) is 5.83. The van der Waals surface area contributed by atoms with Crippen LogP contribution in [0.15, 0.2) is 23.7 Å². The van der Waals surface area contributed by atoms with Gasteiger partial charge in [0.25, 0.3) is 0 Å². The number of carbonyl (C=O) groups excluding carboxylic acids is 2. The molecule has 0 spiro atoms. The fourth-order valence-electron chi connectivity index (χ4n) is 4.60. The molecular weight excluding hydrogens is 466 g/mol. The molecule has 0 fully saturated rings. The molecule has 4 aromatic rings. The molecule has 9 heteroatoms. The second-order valence-electron chi connectivity index (χ2n) is 8.44. The molecule has 0 aliphatic heterocycles. The summed E-state index contributed by atoms with van der Waals surface area (Å²) in [6.07, 6.45) is 6.28. The Morgan fingerprint density at radius 1 is 1.26 bits per heavy atom. The lowest BCUT2D eigenvalue weighted by atomic mass is 9.93. The predicted molar refractivity (Wildman–Crippen MR) is 133 cm³/mol. The van der Waals surface area contributed by atoms with Gasteiger partial charge in [0.2, 0.25) is 11.7 Å². The van der Waals surface area contributed by atoms with Crippen LogP contribution in [0.25, 0.3) is 5.65 Å². The molecule has 0 bridgehead atoms. The molecule has 7 nitrogen and oxygen atoms in total. The van der Waals surface area contributed by atoms with Gasteiger partial charge in [-0.2, -0.15) is 10.4 Å². The van der Waals surface area contributed by atoms with E-state index >= 15 is 0 Å². The van der Waals surface area contributed by atoms with Gasteiger partial charge in [-0.25, -0.2) is 9.50 Å². The van der Waals surface area contributed by atoms with Gasteiger partial charge in [0.05, 0.1) is 16.6 Å². The number of nitrogens with one attached hydrogen (secondary N) is 1. The van der Waals surface area contributed by atoms with Crippen LogP contribution >= 0.6 is 22.7 Å². The maximum Gasteiger partial charge on any atom is 0.225 e. The smallest absolute Gasteiger partial charge is 0.225 e. The van der Waals surface area contributed by atoms with Gasteiger partial charge in [0.15, 0.2) is 5.65 Å². The van der Waals surface area contributed by atoms with Crippen LogP contribution in [-0.4, -0.2) is 26.3 Å². The first-order valence-corrected chi connectivity index (χ1v) is 12.9. The third-order valence-corrected chi connectivity index (χ3v) is 8.40. The Hall–Kier alpha value is -3.35. The number of anilines is 1. The van der Waals surface area contributed by atoms with Gasteiger partial charge >= 0.3 is 0 Å². The summed E-state index contributed by atoms with van der Waals surface area (Å²) < 4.78 is 1.66. The summed E-state index contributed by atoms with van der Waals surface area (Å²) in [5.41, 5.74) is 5.35. The molecule has 4 heterocycles. The molecule has 1 aliphatic rings. The van der Waals surface area contributed by atoms with Crippen molar-refractivity contribution in [3.05, 3.63) is 67.1 Å². The zero-order valence-electron chi connectivity index (χ0n) is 19.0. The fourth-order valence-corrected chi connectivity index (χ4v) is 6.58. The summed E-state index contributed by atoms with van der Waals surface area (Å²) in [7, 11) is 0. The molecule has 0 unspecified atom stereocenters. The number of thiophene rings is 2. The van der Waals surface area contributed by atoms with Crippen LogP contribution in [0.4, 0.5) is 5.00 Å². The molecule has 0 saturated heterocycles. The first kappa shape index (κ1) is 22.4. The summed E-state index contributed by atoms with van der Waals surface area (Å²) >= 11 is 2.98. The normalized spacial score (nSPS) is 13.0. The van der Waals surface area contributed by atoms with Crippen molar-refractivity contribution in [2.45, 2.75) is 52.4 Å². The number of carbonyl (C=O) groups is 2. The molecule has 0 aromatic carbocycles. The molecule has 1 amide bonds. The van der Waals surface area contributed by atoms with Gasteiger partial charge in [-0.3, -0.25) is 9.59 Å². The van der Waals surface area contributed by atoms with Gasteiger partial charge < -0.3 is 5.32 Å². The van der Waals surface area contributed by atoms with Gasteiger partial charge in [0.1, 0.15) is 16.6 Å². The number of ketones is 1. The van der Waals surface area contributed by atoms with E-state index in [1.54, 1.807) is 15.9 Å². The van der Waals surface area contributed by atoms with E-state index in [1.807, 2.05) is 31.4 Å². The first-order valence-electron chi connectivity index (χ1n) is 11.2. The van der Waals surface area contributed by atoms with Crippen LogP contribution in [0.3, 0.4) is 0 Å². The Kier molecular flexibility index (Phi) is 6.02. The molecule has 1 aliphatic carbocycles. The lowest BCUT2D eigenvalue weighted by molar-refractivity contribution is -0.116. The first-order chi connectivity index (χ1) is 16.5. The van der Waals surface area contributed by atoms with Crippen LogP contribution in [0.1, 0.15) is 67.5 Å². The van der Waals surface area contributed by atoms with E-state index in [2.05, 4.69) is 21.5 Å². The SMILES string of the molecule is Cc1nc2c(C#N)cnn2c(C)c1CCC(=O)Nc1sc2c(c1C(=O)c1cccs1)CCCC2. The Balaban J connectivity index is 1.38. The Morgan fingerprint density at radius 3 is 2.85 bits per heavy atom. The monoisotopic (exact) mass is 489 g/mol. The van der Waals surface area contributed by atoms with Crippen LogP contribution in [0.2, 0.25) is 0 Å². The highest BCUT2D eigenvalue weighted by Crippen LogP contribution is 2.40. The van der Waals surface area contributed by atoms with Gasteiger partial charge in [-0.05, 0) is 68.5 Å². The van der Waals surface area contributed by atoms with Gasteiger partial charge in [-0.1, -0.05) is 6.07 Å². The molecule has 5 rings (SSSR count). The van der Waals surface area contributed by atoms with Crippen LogP contribution < -0.4 is 5.32 Å². The fraction of sp³-hybridized carbons (Fsp3) is 0.320. The highest BCUT2D eigenvalue weighted by molar-refractivity contribution is 7.17. The number of nitrogens with zero attached hydrogens (tertiary/aromatic N) is 4. The van der Waals surface area contributed by atoms with Crippen molar-refractivity contribution in [2.24, 2.45) is 0 Å². The Bertz CT molecular complexity index is 1460. The van der Waals surface area contributed by atoms with Crippen molar-refractivity contribution in [1.82, 2.24) is 14.6 Å². The van der Waals surface area contributed by atoms with Crippen molar-refractivity contribution < 1.29 is 9.59 Å². The number of aromatic nitrogens is 3. The van der Waals surface area contributed by atoms with Crippen molar-refractivity contribution in [3.63, 3.8) is 0 Å². The molecule has 1 N–H and O–H groups in total. The average molecular weight is 490 g/mol. The maximum atomic E-state index is 13.3. The van der Waals surface area contributed by atoms with Crippen molar-refractivity contribution in [1.29, 1.82) is 5.26 Å². The molecule has 172 valence electrons. The summed E-state index contributed by atoms with van der Waals surface area (Å²) in [5, 5.41) is 19.1. The van der Waals surface area contributed by atoms with E-state index < -0.39 is 0 Å². The summed E-state index contributed by atoms with van der Waals surface area (Å²) in [6.45, 7) is 3.81. The minimum Gasteiger partial charge on any atom is -0.317 e. The summed E-state index contributed by atoms with van der Waals surface area (Å²) in [5.74, 6) is -0.131. The lowest BCUT2D eigenvalue weighted by Gasteiger charge is -2.12. The standard InChI is InChI=1S/C25H23N5O2S2/c1-14-17(15(2)30-24(28-14)16(12-26)13-27-30)9-10-21(31)29-25-22(23(32)20-8-5-11-33-20)18-6-3-4-7-19(18)34-25/h5,8,11,13H,3-4,6-7,9-10H2,1-2H3,(H,29,31). The van der Waals surface area contributed by atoms with E-state index in [0.29, 0.717) is 33.1 Å². The minimum absolute atomic E-state index is 0.00183. The van der Waals surface area contributed by atoms with Crippen LogP contribution in [-0.2, 0) is 24.1 Å². The zero-order chi connectivity index (χ0) is 23.8. The highest BCUT2D eigenvalue weighted by atomic mass is 32.1. The van der Waals surface area contributed by atoms with Crippen molar-refractivity contribution in [2.75, 3.05) is 5.32 Å². The largest absolute Gasteiger partial charge is 0.317 e. The number of amides is 1. The number of fused-ring (bicyclic) bond motifs is 2. The molecule has 0 radical (unpaired) electrons. The van der Waals surface area contributed by atoms with Gasteiger partial charge in [0, 0.05) is 22.7 Å². The number of hydrogen-bond donors (Lipinski definition) is 1. The number of hydrogen-bond acceptors (Lipinski definition) is 7. The average Bonchev–Trinajstić information content (AvgIpc) is 3.56. The lowest BCUT2D eigenvalue weighted by Crippen LogP contribution is -2.16.